The summed E-state index contributed by atoms with van der Waals surface area (Å²) in [6.45, 7) is 3.04. The van der Waals surface area contributed by atoms with Crippen molar-refractivity contribution in [1.82, 2.24) is 14.5 Å². The topological polar surface area (TPSA) is 30.7 Å². The highest BCUT2D eigenvalue weighted by molar-refractivity contribution is 6.19. The molecule has 2 aromatic heterocycles. The van der Waals surface area contributed by atoms with Gasteiger partial charge in [0.1, 0.15) is 5.82 Å². The lowest BCUT2D eigenvalue weighted by atomic mass is 9.67. The van der Waals surface area contributed by atoms with Gasteiger partial charge in [0.05, 0.1) is 27.7 Å². The minimum absolute atomic E-state index is 0.468. The fourth-order valence-corrected chi connectivity index (χ4v) is 9.47. The molecule has 0 bridgehead atoms. The number of imidazole rings is 1. The van der Waals surface area contributed by atoms with Crippen molar-refractivity contribution >= 4 is 32.7 Å². The number of benzene rings is 8. The summed E-state index contributed by atoms with van der Waals surface area (Å²) in [5.74, 6) is 0.997. The summed E-state index contributed by atoms with van der Waals surface area (Å²) in [6.07, 6.45) is 0. The van der Waals surface area contributed by atoms with Crippen molar-refractivity contribution in [3.05, 3.63) is 216 Å². The number of hydrogen-bond donors (Lipinski definition) is 0. The second kappa shape index (κ2) is 12.8. The van der Waals surface area contributed by atoms with E-state index >= 15 is 0 Å². The van der Waals surface area contributed by atoms with Crippen molar-refractivity contribution in [3.8, 4) is 44.9 Å². The minimum Gasteiger partial charge on any atom is -0.324 e. The van der Waals surface area contributed by atoms with Crippen LogP contribution in [0.5, 0.6) is 0 Å². The van der Waals surface area contributed by atoms with Crippen molar-refractivity contribution in [2.45, 2.75) is 18.9 Å². The highest BCUT2D eigenvalue weighted by Crippen LogP contribution is 2.58. The Morgan fingerprint density at radius 2 is 1.11 bits per heavy atom. The Hall–Kier alpha value is -7.10. The Morgan fingerprint density at radius 1 is 0.464 bits per heavy atom. The number of nitrogens with zero attached hydrogens (tertiary/aromatic N) is 3. The fraction of sp³-hybridized carbons (Fsp3) is 0.0566. The molecule has 3 nitrogen and oxygen atoms in total. The normalized spacial score (nSPS) is 12.9. The lowest BCUT2D eigenvalue weighted by Crippen LogP contribution is -2.28. The van der Waals surface area contributed by atoms with Gasteiger partial charge in [0.15, 0.2) is 0 Å². The molecule has 1 aliphatic rings. The van der Waals surface area contributed by atoms with Crippen LogP contribution < -0.4 is 0 Å². The monoisotopic (exact) mass is 715 g/mol. The molecule has 0 unspecified atom stereocenters. The molecule has 1 aliphatic carbocycles. The molecule has 0 spiro atoms. The lowest BCUT2D eigenvalue weighted by Gasteiger charge is -2.34. The molecule has 0 N–H and O–H groups in total. The van der Waals surface area contributed by atoms with Crippen LogP contribution in [0.1, 0.15) is 29.2 Å². The Labute approximate surface area is 326 Å². The first-order valence-corrected chi connectivity index (χ1v) is 19.5. The van der Waals surface area contributed by atoms with E-state index in [-0.39, 0.29) is 0 Å². The molecule has 264 valence electrons. The number of pyridine rings is 1. The van der Waals surface area contributed by atoms with E-state index in [4.69, 9.17) is 9.97 Å². The van der Waals surface area contributed by atoms with E-state index in [1.807, 2.05) is 0 Å². The zero-order chi connectivity index (χ0) is 37.2. The highest BCUT2D eigenvalue weighted by atomic mass is 15.1. The molecule has 0 saturated heterocycles. The quantitative estimate of drug-likeness (QED) is 0.161. The van der Waals surface area contributed by atoms with Crippen molar-refractivity contribution in [2.24, 2.45) is 0 Å². The third kappa shape index (κ3) is 4.71. The molecule has 0 amide bonds. The number of aryl methyl sites for hydroxylation is 1. The maximum atomic E-state index is 5.39. The van der Waals surface area contributed by atoms with E-state index in [9.17, 15) is 0 Å². The Kier molecular flexibility index (Phi) is 7.36. The SMILES string of the molecule is CCn1c(-c2cccc(-c3ccc(-c4nc5ccccc5c5c6c(ccc45)C(c4ccccc4)(c4ccccc4)c4ccccc4-6)cc3)c2)nc2ccccc21. The van der Waals surface area contributed by atoms with Crippen LogP contribution in [0.25, 0.3) is 77.6 Å². The largest absolute Gasteiger partial charge is 0.324 e. The van der Waals surface area contributed by atoms with Gasteiger partial charge >= 0.3 is 0 Å². The number of fused-ring (bicyclic) bond motifs is 8. The van der Waals surface area contributed by atoms with Gasteiger partial charge in [-0.05, 0) is 75.7 Å². The molecule has 0 aliphatic heterocycles. The summed E-state index contributed by atoms with van der Waals surface area (Å²) < 4.78 is 2.30. The maximum Gasteiger partial charge on any atom is 0.141 e. The van der Waals surface area contributed by atoms with Gasteiger partial charge < -0.3 is 4.57 Å². The second-order valence-electron chi connectivity index (χ2n) is 14.7. The summed E-state index contributed by atoms with van der Waals surface area (Å²) in [4.78, 5) is 10.4. The number of rotatable bonds is 6. The van der Waals surface area contributed by atoms with Gasteiger partial charge in [-0.1, -0.05) is 170 Å². The van der Waals surface area contributed by atoms with Gasteiger partial charge in [-0.15, -0.1) is 0 Å². The van der Waals surface area contributed by atoms with Gasteiger partial charge in [0, 0.05) is 33.8 Å². The van der Waals surface area contributed by atoms with E-state index in [1.54, 1.807) is 0 Å². The van der Waals surface area contributed by atoms with Crippen LogP contribution in [0, 0.1) is 0 Å². The van der Waals surface area contributed by atoms with Crippen LogP contribution in [-0.2, 0) is 12.0 Å². The number of aromatic nitrogens is 3. The average molecular weight is 716 g/mol. The zero-order valence-corrected chi connectivity index (χ0v) is 31.0. The van der Waals surface area contributed by atoms with Crippen LogP contribution >= 0.6 is 0 Å². The van der Waals surface area contributed by atoms with Crippen LogP contribution in [0.15, 0.2) is 194 Å². The second-order valence-corrected chi connectivity index (χ2v) is 14.7. The highest BCUT2D eigenvalue weighted by Gasteiger charge is 2.46. The summed E-state index contributed by atoms with van der Waals surface area (Å²) in [7, 11) is 0. The van der Waals surface area contributed by atoms with Gasteiger partial charge in [0.2, 0.25) is 0 Å². The van der Waals surface area contributed by atoms with Crippen LogP contribution in [0.4, 0.5) is 0 Å². The van der Waals surface area contributed by atoms with Gasteiger partial charge in [-0.25, -0.2) is 9.97 Å². The van der Waals surface area contributed by atoms with E-state index in [2.05, 4.69) is 206 Å². The molecular weight excluding hydrogens is 679 g/mol. The predicted molar refractivity (Wildman–Crippen MR) is 232 cm³/mol. The molecule has 8 aromatic carbocycles. The average Bonchev–Trinajstić information content (AvgIpc) is 3.81. The third-order valence-electron chi connectivity index (χ3n) is 11.9. The van der Waals surface area contributed by atoms with Crippen molar-refractivity contribution in [1.29, 1.82) is 0 Å². The maximum absolute atomic E-state index is 5.39. The molecule has 0 radical (unpaired) electrons. The van der Waals surface area contributed by atoms with Crippen LogP contribution in [-0.4, -0.2) is 14.5 Å². The summed E-state index contributed by atoms with van der Waals surface area (Å²) in [6, 6.07) is 70.5. The number of hydrogen-bond acceptors (Lipinski definition) is 2. The minimum atomic E-state index is -0.468. The van der Waals surface area contributed by atoms with E-state index < -0.39 is 5.41 Å². The molecule has 11 rings (SSSR count). The number of para-hydroxylation sites is 3. The van der Waals surface area contributed by atoms with Crippen LogP contribution in [0.2, 0.25) is 0 Å². The molecule has 3 heteroatoms. The molecule has 56 heavy (non-hydrogen) atoms. The Morgan fingerprint density at radius 3 is 1.88 bits per heavy atom. The van der Waals surface area contributed by atoms with E-state index in [0.29, 0.717) is 0 Å². The summed E-state index contributed by atoms with van der Waals surface area (Å²) in [5.41, 5.74) is 15.9. The van der Waals surface area contributed by atoms with Gasteiger partial charge in [-0.3, -0.25) is 0 Å². The molecule has 2 heterocycles. The van der Waals surface area contributed by atoms with E-state index in [0.717, 1.165) is 62.3 Å². The first-order chi connectivity index (χ1) is 27.7. The van der Waals surface area contributed by atoms with Gasteiger partial charge in [-0.2, -0.15) is 0 Å². The standard InChI is InChI=1S/C53H37N3/c1-2-56-48-27-14-13-26-47(48)55-52(56)38-17-15-16-37(34-38)35-28-30-36(31-29-35)51-43-32-33-45-50(49(43)42-23-10-12-25-46(42)54-51)41-22-9-11-24-44(41)53(45,39-18-5-3-6-19-39)40-20-7-4-8-21-40/h3-34H,2H2,1H3. The van der Waals surface area contributed by atoms with Gasteiger partial charge in [0.25, 0.3) is 0 Å². The van der Waals surface area contributed by atoms with E-state index in [1.165, 1.54) is 44.2 Å². The smallest absolute Gasteiger partial charge is 0.141 e. The van der Waals surface area contributed by atoms with Crippen molar-refractivity contribution in [2.75, 3.05) is 0 Å². The van der Waals surface area contributed by atoms with Crippen molar-refractivity contribution in [3.63, 3.8) is 0 Å². The molecule has 0 atom stereocenters. The third-order valence-corrected chi connectivity index (χ3v) is 11.9. The molecule has 0 saturated carbocycles. The first-order valence-electron chi connectivity index (χ1n) is 19.5. The fourth-order valence-electron chi connectivity index (χ4n) is 9.47. The predicted octanol–water partition coefficient (Wildman–Crippen LogP) is 13.1. The zero-order valence-electron chi connectivity index (χ0n) is 31.0. The summed E-state index contributed by atoms with van der Waals surface area (Å²) >= 11 is 0. The first kappa shape index (κ1) is 32.3. The Balaban J connectivity index is 1.10. The Bertz CT molecular complexity index is 3070. The molecule has 0 fully saturated rings. The lowest BCUT2D eigenvalue weighted by molar-refractivity contribution is 0.769. The van der Waals surface area contributed by atoms with Crippen LogP contribution in [0.3, 0.4) is 0 Å². The summed E-state index contributed by atoms with van der Waals surface area (Å²) in [5, 5.41) is 3.57. The van der Waals surface area contributed by atoms with Crippen molar-refractivity contribution < 1.29 is 0 Å². The molecular formula is C53H37N3. The molecule has 10 aromatic rings.